The minimum atomic E-state index is -3.88. The number of fused-ring (bicyclic) bond motifs is 1. The SMILES string of the molecule is Cc1ccc(-n2c(CN(C)S(=O)(=O)c3cccc(Cl)c3C)nc3ccccc3c2=O)c(C)c1. The molecular weight excluding hydrogens is 458 g/mol. The molecule has 0 bridgehead atoms. The fourth-order valence-electron chi connectivity index (χ4n) is 3.91. The van der Waals surface area contributed by atoms with Crippen molar-refractivity contribution in [1.82, 2.24) is 13.9 Å². The first-order chi connectivity index (χ1) is 15.6. The van der Waals surface area contributed by atoms with Crippen LogP contribution in [0, 0.1) is 20.8 Å². The Kier molecular flexibility index (Phi) is 6.14. The molecule has 0 aliphatic rings. The molecule has 3 aromatic carbocycles. The molecule has 0 aliphatic heterocycles. The normalized spacial score (nSPS) is 11.9. The summed E-state index contributed by atoms with van der Waals surface area (Å²) in [5.41, 5.74) is 3.38. The summed E-state index contributed by atoms with van der Waals surface area (Å²) in [4.78, 5) is 18.3. The molecule has 0 N–H and O–H groups in total. The van der Waals surface area contributed by atoms with E-state index in [-0.39, 0.29) is 17.0 Å². The van der Waals surface area contributed by atoms with Crippen molar-refractivity contribution in [2.45, 2.75) is 32.2 Å². The summed E-state index contributed by atoms with van der Waals surface area (Å²) in [6.45, 7) is 5.47. The second kappa shape index (κ2) is 8.74. The monoisotopic (exact) mass is 481 g/mol. The Bertz CT molecular complexity index is 1540. The number of sulfonamides is 1. The Hall–Kier alpha value is -3.00. The molecule has 4 rings (SSSR count). The van der Waals surface area contributed by atoms with Crippen LogP contribution in [0.15, 0.2) is 70.4 Å². The first-order valence-corrected chi connectivity index (χ1v) is 12.2. The maximum absolute atomic E-state index is 13.5. The summed E-state index contributed by atoms with van der Waals surface area (Å²) >= 11 is 6.17. The van der Waals surface area contributed by atoms with Gasteiger partial charge in [-0.05, 0) is 62.2 Å². The van der Waals surface area contributed by atoms with Gasteiger partial charge in [0.1, 0.15) is 5.82 Å². The van der Waals surface area contributed by atoms with Crippen LogP contribution in [0.3, 0.4) is 0 Å². The Morgan fingerprint density at radius 3 is 2.45 bits per heavy atom. The van der Waals surface area contributed by atoms with Crippen molar-refractivity contribution in [2.75, 3.05) is 7.05 Å². The zero-order chi connectivity index (χ0) is 23.9. The standard InChI is InChI=1S/C25H24ClN3O3S/c1-16-12-13-22(17(2)14-16)29-24(27-21-10-6-5-8-19(21)25(29)30)15-28(4)33(31,32)23-11-7-9-20(26)18(23)3/h5-14H,15H2,1-4H3. The van der Waals surface area contributed by atoms with E-state index in [1.807, 2.05) is 32.0 Å². The Morgan fingerprint density at radius 1 is 1.00 bits per heavy atom. The van der Waals surface area contributed by atoms with Crippen molar-refractivity contribution in [1.29, 1.82) is 0 Å². The second-order valence-corrected chi connectivity index (χ2v) is 10.5. The van der Waals surface area contributed by atoms with Gasteiger partial charge in [-0.3, -0.25) is 9.36 Å². The molecule has 8 heteroatoms. The molecule has 170 valence electrons. The molecule has 0 amide bonds. The number of para-hydroxylation sites is 1. The average molecular weight is 482 g/mol. The van der Waals surface area contributed by atoms with E-state index < -0.39 is 10.0 Å². The van der Waals surface area contributed by atoms with Gasteiger partial charge in [0.05, 0.1) is 28.0 Å². The molecule has 0 unspecified atom stereocenters. The molecule has 33 heavy (non-hydrogen) atoms. The molecule has 0 spiro atoms. The summed E-state index contributed by atoms with van der Waals surface area (Å²) in [5.74, 6) is 0.330. The van der Waals surface area contributed by atoms with Crippen LogP contribution in [0.5, 0.6) is 0 Å². The van der Waals surface area contributed by atoms with Gasteiger partial charge in [0.15, 0.2) is 0 Å². The number of halogens is 1. The van der Waals surface area contributed by atoms with E-state index in [0.717, 1.165) is 11.1 Å². The zero-order valence-electron chi connectivity index (χ0n) is 18.8. The summed E-state index contributed by atoms with van der Waals surface area (Å²) in [5, 5.41) is 0.845. The minimum absolute atomic E-state index is 0.0956. The summed E-state index contributed by atoms with van der Waals surface area (Å²) in [6.07, 6.45) is 0. The van der Waals surface area contributed by atoms with Crippen molar-refractivity contribution in [3.05, 3.63) is 98.6 Å². The summed E-state index contributed by atoms with van der Waals surface area (Å²) in [7, 11) is -2.40. The maximum Gasteiger partial charge on any atom is 0.266 e. The van der Waals surface area contributed by atoms with E-state index in [0.29, 0.717) is 33.0 Å². The molecule has 0 atom stereocenters. The molecule has 0 aliphatic carbocycles. The van der Waals surface area contributed by atoms with Crippen LogP contribution in [-0.2, 0) is 16.6 Å². The second-order valence-electron chi connectivity index (χ2n) is 8.10. The number of hydrogen-bond donors (Lipinski definition) is 0. The van der Waals surface area contributed by atoms with Gasteiger partial charge in [0.2, 0.25) is 10.0 Å². The largest absolute Gasteiger partial charge is 0.268 e. The van der Waals surface area contributed by atoms with Gasteiger partial charge in [-0.15, -0.1) is 0 Å². The topological polar surface area (TPSA) is 72.3 Å². The Balaban J connectivity index is 1.90. The van der Waals surface area contributed by atoms with Gasteiger partial charge < -0.3 is 0 Å². The minimum Gasteiger partial charge on any atom is -0.268 e. The number of aromatic nitrogens is 2. The van der Waals surface area contributed by atoms with Crippen LogP contribution in [-0.4, -0.2) is 29.3 Å². The third-order valence-corrected chi connectivity index (χ3v) is 8.07. The number of hydrogen-bond acceptors (Lipinski definition) is 4. The van der Waals surface area contributed by atoms with Crippen molar-refractivity contribution >= 4 is 32.5 Å². The number of nitrogens with zero attached hydrogens (tertiary/aromatic N) is 3. The van der Waals surface area contributed by atoms with Crippen LogP contribution in [0.2, 0.25) is 5.02 Å². The molecule has 4 aromatic rings. The molecular formula is C25H24ClN3O3S. The van der Waals surface area contributed by atoms with Crippen molar-refractivity contribution in [2.24, 2.45) is 0 Å². The lowest BCUT2D eigenvalue weighted by Gasteiger charge is -2.22. The van der Waals surface area contributed by atoms with E-state index in [1.165, 1.54) is 22.0 Å². The lowest BCUT2D eigenvalue weighted by Crippen LogP contribution is -2.32. The lowest BCUT2D eigenvalue weighted by atomic mass is 10.1. The van der Waals surface area contributed by atoms with Crippen LogP contribution < -0.4 is 5.56 Å². The van der Waals surface area contributed by atoms with Crippen LogP contribution in [0.4, 0.5) is 0 Å². The van der Waals surface area contributed by atoms with Gasteiger partial charge in [0, 0.05) is 12.1 Å². The van der Waals surface area contributed by atoms with E-state index in [2.05, 4.69) is 0 Å². The molecule has 0 fully saturated rings. The number of rotatable bonds is 5. The molecule has 1 aromatic heterocycles. The fourth-order valence-corrected chi connectivity index (χ4v) is 5.51. The first-order valence-electron chi connectivity index (χ1n) is 10.4. The van der Waals surface area contributed by atoms with Crippen molar-refractivity contribution in [3.63, 3.8) is 0 Å². The molecule has 0 radical (unpaired) electrons. The third-order valence-electron chi connectivity index (χ3n) is 5.71. The van der Waals surface area contributed by atoms with Crippen molar-refractivity contribution in [3.8, 4) is 5.69 Å². The van der Waals surface area contributed by atoms with Crippen molar-refractivity contribution < 1.29 is 8.42 Å². The fraction of sp³-hybridized carbons (Fsp3) is 0.200. The molecule has 1 heterocycles. The lowest BCUT2D eigenvalue weighted by molar-refractivity contribution is 0.451. The van der Waals surface area contributed by atoms with Crippen LogP contribution >= 0.6 is 11.6 Å². The Labute approximate surface area is 198 Å². The van der Waals surface area contributed by atoms with Crippen LogP contribution in [0.1, 0.15) is 22.5 Å². The molecule has 0 saturated heterocycles. The molecule has 6 nitrogen and oxygen atoms in total. The smallest absolute Gasteiger partial charge is 0.266 e. The highest BCUT2D eigenvalue weighted by Gasteiger charge is 2.26. The highest BCUT2D eigenvalue weighted by atomic mass is 35.5. The first kappa shape index (κ1) is 23.2. The summed E-state index contributed by atoms with van der Waals surface area (Å²) < 4.78 is 29.4. The number of benzene rings is 3. The quantitative estimate of drug-likeness (QED) is 0.411. The third kappa shape index (κ3) is 4.19. The molecule has 0 saturated carbocycles. The predicted molar refractivity (Wildman–Crippen MR) is 132 cm³/mol. The number of aryl methyl sites for hydroxylation is 2. The van der Waals surface area contributed by atoms with Gasteiger partial charge in [-0.2, -0.15) is 4.31 Å². The highest BCUT2D eigenvalue weighted by molar-refractivity contribution is 7.89. The van der Waals surface area contributed by atoms with Gasteiger partial charge in [-0.1, -0.05) is 47.5 Å². The van der Waals surface area contributed by atoms with E-state index in [1.54, 1.807) is 43.3 Å². The van der Waals surface area contributed by atoms with Gasteiger partial charge in [0.25, 0.3) is 5.56 Å². The highest BCUT2D eigenvalue weighted by Crippen LogP contribution is 2.26. The Morgan fingerprint density at radius 2 is 1.73 bits per heavy atom. The zero-order valence-corrected chi connectivity index (χ0v) is 20.4. The van der Waals surface area contributed by atoms with E-state index in [9.17, 15) is 13.2 Å². The summed E-state index contributed by atoms with van der Waals surface area (Å²) in [6, 6.07) is 17.6. The van der Waals surface area contributed by atoms with E-state index in [4.69, 9.17) is 16.6 Å². The van der Waals surface area contributed by atoms with Crippen LogP contribution in [0.25, 0.3) is 16.6 Å². The maximum atomic E-state index is 13.5. The van der Waals surface area contributed by atoms with Gasteiger partial charge in [-0.25, -0.2) is 13.4 Å². The predicted octanol–water partition coefficient (Wildman–Crippen LogP) is 4.79. The van der Waals surface area contributed by atoms with E-state index >= 15 is 0 Å². The van der Waals surface area contributed by atoms with Gasteiger partial charge >= 0.3 is 0 Å². The average Bonchev–Trinajstić information content (AvgIpc) is 2.76.